The highest BCUT2D eigenvalue weighted by atomic mass is 32.1. The molecule has 0 aliphatic heterocycles. The standard InChI is InChI=1S/C12H19N3O2S/c1-4-13-12(17)15-11(16)9(3)14-8(2)10-5-6-18-7-10/h5-9,14H,4H2,1-3H3,(H2,13,15,16,17). The minimum Gasteiger partial charge on any atom is -0.338 e. The third kappa shape index (κ3) is 4.46. The Balaban J connectivity index is 2.42. The van der Waals surface area contributed by atoms with Crippen molar-refractivity contribution in [2.24, 2.45) is 0 Å². The predicted octanol–water partition coefficient (Wildman–Crippen LogP) is 1.63. The van der Waals surface area contributed by atoms with E-state index in [1.807, 2.05) is 23.8 Å². The molecule has 1 aromatic heterocycles. The Morgan fingerprint density at radius 1 is 1.39 bits per heavy atom. The number of nitrogens with one attached hydrogen (secondary N) is 3. The van der Waals surface area contributed by atoms with Crippen LogP contribution in [-0.2, 0) is 4.79 Å². The van der Waals surface area contributed by atoms with E-state index < -0.39 is 12.1 Å². The van der Waals surface area contributed by atoms with Gasteiger partial charge in [0.15, 0.2) is 0 Å². The van der Waals surface area contributed by atoms with E-state index in [9.17, 15) is 9.59 Å². The maximum absolute atomic E-state index is 11.7. The molecule has 0 fully saturated rings. The van der Waals surface area contributed by atoms with Gasteiger partial charge in [-0.2, -0.15) is 11.3 Å². The summed E-state index contributed by atoms with van der Waals surface area (Å²) in [6.45, 7) is 6.01. The van der Waals surface area contributed by atoms with Gasteiger partial charge in [-0.15, -0.1) is 0 Å². The molecule has 3 amide bonds. The SMILES string of the molecule is CCNC(=O)NC(=O)C(C)NC(C)c1ccsc1. The summed E-state index contributed by atoms with van der Waals surface area (Å²) in [5.41, 5.74) is 1.14. The number of thiophene rings is 1. The monoisotopic (exact) mass is 269 g/mol. The van der Waals surface area contributed by atoms with Gasteiger partial charge in [-0.25, -0.2) is 4.79 Å². The van der Waals surface area contributed by atoms with E-state index in [1.165, 1.54) is 0 Å². The Bertz CT molecular complexity index is 392. The summed E-state index contributed by atoms with van der Waals surface area (Å²) in [5.74, 6) is -0.331. The first-order valence-corrected chi connectivity index (χ1v) is 6.85. The molecule has 100 valence electrons. The molecule has 5 nitrogen and oxygen atoms in total. The van der Waals surface area contributed by atoms with Crippen LogP contribution in [-0.4, -0.2) is 24.5 Å². The third-order valence-corrected chi connectivity index (χ3v) is 3.21. The lowest BCUT2D eigenvalue weighted by molar-refractivity contribution is -0.121. The Hall–Kier alpha value is -1.40. The first kappa shape index (κ1) is 14.7. The second kappa shape index (κ2) is 7.13. The molecule has 0 aliphatic carbocycles. The van der Waals surface area contributed by atoms with Crippen molar-refractivity contribution in [2.45, 2.75) is 32.9 Å². The summed E-state index contributed by atoms with van der Waals surface area (Å²) in [4.78, 5) is 22.9. The molecule has 2 unspecified atom stereocenters. The average molecular weight is 269 g/mol. The second-order valence-electron chi connectivity index (χ2n) is 4.02. The fourth-order valence-corrected chi connectivity index (χ4v) is 2.25. The van der Waals surface area contributed by atoms with Gasteiger partial charge in [0.25, 0.3) is 0 Å². The van der Waals surface area contributed by atoms with Gasteiger partial charge in [0.05, 0.1) is 6.04 Å². The van der Waals surface area contributed by atoms with E-state index in [0.717, 1.165) is 5.56 Å². The molecule has 18 heavy (non-hydrogen) atoms. The van der Waals surface area contributed by atoms with E-state index >= 15 is 0 Å². The van der Waals surface area contributed by atoms with Crippen LogP contribution in [0.15, 0.2) is 16.8 Å². The molecule has 0 saturated heterocycles. The first-order chi connectivity index (χ1) is 8.54. The second-order valence-corrected chi connectivity index (χ2v) is 4.80. The van der Waals surface area contributed by atoms with Crippen molar-refractivity contribution in [3.63, 3.8) is 0 Å². The predicted molar refractivity (Wildman–Crippen MR) is 72.5 cm³/mol. The van der Waals surface area contributed by atoms with Crippen LogP contribution in [0.25, 0.3) is 0 Å². The highest BCUT2D eigenvalue weighted by Crippen LogP contribution is 2.15. The summed E-state index contributed by atoms with van der Waals surface area (Å²) < 4.78 is 0. The summed E-state index contributed by atoms with van der Waals surface area (Å²) in [7, 11) is 0. The molecule has 6 heteroatoms. The van der Waals surface area contributed by atoms with Gasteiger partial charge >= 0.3 is 6.03 Å². The summed E-state index contributed by atoms with van der Waals surface area (Å²) >= 11 is 1.62. The molecule has 1 rings (SSSR count). The van der Waals surface area contributed by atoms with Crippen molar-refractivity contribution >= 4 is 23.3 Å². The number of hydrogen-bond acceptors (Lipinski definition) is 4. The highest BCUT2D eigenvalue weighted by molar-refractivity contribution is 7.07. The highest BCUT2D eigenvalue weighted by Gasteiger charge is 2.18. The molecular weight excluding hydrogens is 250 g/mol. The number of hydrogen-bond donors (Lipinski definition) is 3. The van der Waals surface area contributed by atoms with Crippen molar-refractivity contribution in [1.29, 1.82) is 0 Å². The Kier molecular flexibility index (Phi) is 5.80. The van der Waals surface area contributed by atoms with Crippen molar-refractivity contribution in [3.05, 3.63) is 22.4 Å². The Morgan fingerprint density at radius 2 is 2.11 bits per heavy atom. The van der Waals surface area contributed by atoms with Crippen molar-refractivity contribution in [2.75, 3.05) is 6.54 Å². The lowest BCUT2D eigenvalue weighted by atomic mass is 10.1. The van der Waals surface area contributed by atoms with Crippen LogP contribution in [0.2, 0.25) is 0 Å². The Morgan fingerprint density at radius 3 is 2.67 bits per heavy atom. The molecule has 0 bridgehead atoms. The van der Waals surface area contributed by atoms with E-state index in [1.54, 1.807) is 25.2 Å². The number of imide groups is 1. The van der Waals surface area contributed by atoms with Crippen molar-refractivity contribution in [3.8, 4) is 0 Å². The normalized spacial score (nSPS) is 13.7. The van der Waals surface area contributed by atoms with E-state index in [4.69, 9.17) is 0 Å². The van der Waals surface area contributed by atoms with Gasteiger partial charge in [-0.05, 0) is 43.2 Å². The molecule has 0 aromatic carbocycles. The van der Waals surface area contributed by atoms with E-state index in [0.29, 0.717) is 6.54 Å². The molecule has 0 aliphatic rings. The molecule has 3 N–H and O–H groups in total. The van der Waals surface area contributed by atoms with Crippen LogP contribution in [0.5, 0.6) is 0 Å². The number of urea groups is 1. The summed E-state index contributed by atoms with van der Waals surface area (Å²) in [5, 5.41) is 12.0. The fourth-order valence-electron chi connectivity index (χ4n) is 1.49. The smallest absolute Gasteiger partial charge is 0.321 e. The lowest BCUT2D eigenvalue weighted by Crippen LogP contribution is -2.48. The van der Waals surface area contributed by atoms with Crippen LogP contribution in [0.4, 0.5) is 4.79 Å². The molecule has 0 spiro atoms. The largest absolute Gasteiger partial charge is 0.338 e. The number of carbonyl (C=O) groups excluding carboxylic acids is 2. The number of rotatable bonds is 5. The van der Waals surface area contributed by atoms with E-state index in [-0.39, 0.29) is 11.9 Å². The topological polar surface area (TPSA) is 70.2 Å². The van der Waals surface area contributed by atoms with Crippen LogP contribution in [0, 0.1) is 0 Å². The fraction of sp³-hybridized carbons (Fsp3) is 0.500. The lowest BCUT2D eigenvalue weighted by Gasteiger charge is -2.18. The molecule has 1 aromatic rings. The third-order valence-electron chi connectivity index (χ3n) is 2.51. The molecular formula is C12H19N3O2S. The zero-order valence-electron chi connectivity index (χ0n) is 10.8. The van der Waals surface area contributed by atoms with Gasteiger partial charge in [-0.1, -0.05) is 0 Å². The van der Waals surface area contributed by atoms with Gasteiger partial charge in [0, 0.05) is 12.6 Å². The van der Waals surface area contributed by atoms with Crippen LogP contribution >= 0.6 is 11.3 Å². The minimum atomic E-state index is -0.459. The molecule has 0 radical (unpaired) electrons. The quantitative estimate of drug-likeness (QED) is 0.761. The number of carbonyl (C=O) groups is 2. The summed E-state index contributed by atoms with van der Waals surface area (Å²) in [6, 6.07) is 1.20. The maximum Gasteiger partial charge on any atom is 0.321 e. The van der Waals surface area contributed by atoms with Crippen molar-refractivity contribution < 1.29 is 9.59 Å². The Labute approximate surface area is 111 Å². The van der Waals surface area contributed by atoms with Crippen LogP contribution < -0.4 is 16.0 Å². The number of amides is 3. The van der Waals surface area contributed by atoms with Crippen molar-refractivity contribution in [1.82, 2.24) is 16.0 Å². The average Bonchev–Trinajstić information content (AvgIpc) is 2.82. The first-order valence-electron chi connectivity index (χ1n) is 5.91. The van der Waals surface area contributed by atoms with Crippen LogP contribution in [0.1, 0.15) is 32.4 Å². The zero-order valence-corrected chi connectivity index (χ0v) is 11.6. The van der Waals surface area contributed by atoms with Gasteiger partial charge in [-0.3, -0.25) is 15.4 Å². The van der Waals surface area contributed by atoms with Gasteiger partial charge < -0.3 is 5.32 Å². The zero-order chi connectivity index (χ0) is 13.5. The molecule has 1 heterocycles. The maximum atomic E-state index is 11.7. The van der Waals surface area contributed by atoms with E-state index in [2.05, 4.69) is 16.0 Å². The van der Waals surface area contributed by atoms with Gasteiger partial charge in [0.1, 0.15) is 0 Å². The summed E-state index contributed by atoms with van der Waals surface area (Å²) in [6.07, 6.45) is 0. The molecule has 2 atom stereocenters. The van der Waals surface area contributed by atoms with Crippen LogP contribution in [0.3, 0.4) is 0 Å². The minimum absolute atomic E-state index is 0.0752. The molecule has 0 saturated carbocycles. The van der Waals surface area contributed by atoms with Gasteiger partial charge in [0.2, 0.25) is 5.91 Å².